The molecule has 1 aliphatic carbocycles. The van der Waals surface area contributed by atoms with Gasteiger partial charge in [-0.05, 0) is 32.1 Å². The second-order valence-corrected chi connectivity index (χ2v) is 5.46. The Morgan fingerprint density at radius 2 is 2.16 bits per heavy atom. The first-order chi connectivity index (χ1) is 9.22. The largest absolute Gasteiger partial charge is 0.292 e. The Morgan fingerprint density at radius 3 is 2.84 bits per heavy atom. The van der Waals surface area contributed by atoms with Crippen LogP contribution in [0.1, 0.15) is 61.1 Å². The molecule has 104 valence electrons. The number of aromatic nitrogens is 3. The number of nitrogens with zero attached hydrogens (tertiary/aromatic N) is 3. The molecule has 1 saturated carbocycles. The number of carbonyl (C=O) groups is 1. The Labute approximate surface area is 114 Å². The molecule has 0 bridgehead atoms. The standard InChI is InChI=1S/C15H23N3O/c1-3-4-10-14(19)15-12(2)18(17-16-15)11-13-8-6-5-7-9-13/h3,13H,1,4-11H2,2H3. The van der Waals surface area contributed by atoms with Gasteiger partial charge < -0.3 is 0 Å². The molecule has 0 unspecified atom stereocenters. The minimum Gasteiger partial charge on any atom is -0.292 e. The highest BCUT2D eigenvalue weighted by molar-refractivity contribution is 5.95. The van der Waals surface area contributed by atoms with Crippen LogP contribution in [0.5, 0.6) is 0 Å². The van der Waals surface area contributed by atoms with Crippen LogP contribution < -0.4 is 0 Å². The van der Waals surface area contributed by atoms with Crippen LogP contribution in [0.2, 0.25) is 0 Å². The van der Waals surface area contributed by atoms with Crippen molar-refractivity contribution < 1.29 is 4.79 Å². The summed E-state index contributed by atoms with van der Waals surface area (Å²) < 4.78 is 1.91. The third-order valence-corrected chi connectivity index (χ3v) is 3.98. The Bertz CT molecular complexity index is 444. The Kier molecular flexibility index (Phi) is 4.88. The summed E-state index contributed by atoms with van der Waals surface area (Å²) in [6.07, 6.45) is 9.50. The average Bonchev–Trinajstić information content (AvgIpc) is 2.79. The second kappa shape index (κ2) is 6.64. The van der Waals surface area contributed by atoms with Gasteiger partial charge in [0, 0.05) is 13.0 Å². The molecule has 0 amide bonds. The van der Waals surface area contributed by atoms with Gasteiger partial charge in [0.15, 0.2) is 11.5 Å². The lowest BCUT2D eigenvalue weighted by atomic mass is 9.89. The van der Waals surface area contributed by atoms with Crippen molar-refractivity contribution in [3.05, 3.63) is 24.0 Å². The van der Waals surface area contributed by atoms with Gasteiger partial charge in [0.1, 0.15) is 0 Å². The molecule has 4 heteroatoms. The van der Waals surface area contributed by atoms with Crippen LogP contribution in [0.25, 0.3) is 0 Å². The highest BCUT2D eigenvalue weighted by atomic mass is 16.1. The van der Waals surface area contributed by atoms with Crippen LogP contribution in [-0.2, 0) is 6.54 Å². The molecule has 4 nitrogen and oxygen atoms in total. The van der Waals surface area contributed by atoms with Crippen molar-refractivity contribution in [1.29, 1.82) is 0 Å². The maximum absolute atomic E-state index is 12.0. The predicted molar refractivity (Wildman–Crippen MR) is 75.1 cm³/mol. The van der Waals surface area contributed by atoms with E-state index in [9.17, 15) is 4.79 Å². The van der Waals surface area contributed by atoms with Crippen molar-refractivity contribution in [2.45, 2.75) is 58.4 Å². The zero-order valence-electron chi connectivity index (χ0n) is 11.8. The number of hydrogen-bond donors (Lipinski definition) is 0. The number of Topliss-reactive ketones (excluding diaryl/α,β-unsaturated/α-hetero) is 1. The molecule has 0 aromatic carbocycles. The van der Waals surface area contributed by atoms with E-state index in [1.807, 2.05) is 11.6 Å². The molecule has 1 aromatic heterocycles. The van der Waals surface area contributed by atoms with E-state index in [2.05, 4.69) is 16.9 Å². The number of carbonyl (C=O) groups excluding carboxylic acids is 1. The van der Waals surface area contributed by atoms with E-state index >= 15 is 0 Å². The van der Waals surface area contributed by atoms with Crippen molar-refractivity contribution in [1.82, 2.24) is 15.0 Å². The van der Waals surface area contributed by atoms with Crippen molar-refractivity contribution in [3.8, 4) is 0 Å². The minimum atomic E-state index is 0.0762. The van der Waals surface area contributed by atoms with Crippen LogP contribution in [0, 0.1) is 12.8 Å². The van der Waals surface area contributed by atoms with Crippen LogP contribution in [0.15, 0.2) is 12.7 Å². The summed E-state index contributed by atoms with van der Waals surface area (Å²) in [7, 11) is 0. The Morgan fingerprint density at radius 1 is 1.42 bits per heavy atom. The quantitative estimate of drug-likeness (QED) is 0.583. The molecule has 0 aliphatic heterocycles. The summed E-state index contributed by atoms with van der Waals surface area (Å²) in [4.78, 5) is 12.0. The summed E-state index contributed by atoms with van der Waals surface area (Å²) in [6, 6.07) is 0. The van der Waals surface area contributed by atoms with Crippen molar-refractivity contribution >= 4 is 5.78 Å². The van der Waals surface area contributed by atoms with Crippen molar-refractivity contribution in [2.24, 2.45) is 5.92 Å². The van der Waals surface area contributed by atoms with Gasteiger partial charge in [0.25, 0.3) is 0 Å². The fourth-order valence-electron chi connectivity index (χ4n) is 2.76. The first-order valence-corrected chi connectivity index (χ1v) is 7.26. The monoisotopic (exact) mass is 261 g/mol. The normalized spacial score (nSPS) is 16.5. The van der Waals surface area contributed by atoms with Gasteiger partial charge in [0.05, 0.1) is 5.69 Å². The van der Waals surface area contributed by atoms with Gasteiger partial charge in [0.2, 0.25) is 0 Å². The van der Waals surface area contributed by atoms with Crippen molar-refractivity contribution in [2.75, 3.05) is 0 Å². The van der Waals surface area contributed by atoms with Crippen LogP contribution in [0.4, 0.5) is 0 Å². The molecule has 0 radical (unpaired) electrons. The number of ketones is 1. The maximum Gasteiger partial charge on any atom is 0.185 e. The topological polar surface area (TPSA) is 47.8 Å². The van der Waals surface area contributed by atoms with Gasteiger partial charge in [-0.3, -0.25) is 4.79 Å². The smallest absolute Gasteiger partial charge is 0.185 e. The Hall–Kier alpha value is -1.45. The molecule has 1 fully saturated rings. The van der Waals surface area contributed by atoms with Crippen LogP contribution in [0.3, 0.4) is 0 Å². The molecule has 1 heterocycles. The number of allylic oxidation sites excluding steroid dienone is 1. The fraction of sp³-hybridized carbons (Fsp3) is 0.667. The molecule has 0 atom stereocenters. The zero-order valence-corrected chi connectivity index (χ0v) is 11.8. The van der Waals surface area contributed by atoms with Crippen LogP contribution in [-0.4, -0.2) is 20.8 Å². The lowest BCUT2D eigenvalue weighted by Crippen LogP contribution is -2.16. The van der Waals surface area contributed by atoms with E-state index < -0.39 is 0 Å². The summed E-state index contributed by atoms with van der Waals surface area (Å²) in [5.74, 6) is 0.776. The zero-order chi connectivity index (χ0) is 13.7. The van der Waals surface area contributed by atoms with Gasteiger partial charge in [-0.1, -0.05) is 30.6 Å². The summed E-state index contributed by atoms with van der Waals surface area (Å²) in [5.41, 5.74) is 1.46. The summed E-state index contributed by atoms with van der Waals surface area (Å²) >= 11 is 0. The molecule has 0 spiro atoms. The maximum atomic E-state index is 12.0. The SMILES string of the molecule is C=CCCC(=O)c1nnn(CC2CCCCC2)c1C. The van der Waals surface area contributed by atoms with Gasteiger partial charge in [-0.15, -0.1) is 11.7 Å². The molecule has 1 aliphatic rings. The van der Waals surface area contributed by atoms with E-state index in [0.29, 0.717) is 24.5 Å². The van der Waals surface area contributed by atoms with Crippen molar-refractivity contribution in [3.63, 3.8) is 0 Å². The lowest BCUT2D eigenvalue weighted by molar-refractivity contribution is 0.0978. The Balaban J connectivity index is 2.00. The first kappa shape index (κ1) is 14.0. The second-order valence-electron chi connectivity index (χ2n) is 5.46. The molecule has 2 rings (SSSR count). The lowest BCUT2D eigenvalue weighted by Gasteiger charge is -2.21. The number of hydrogen-bond acceptors (Lipinski definition) is 3. The molecule has 1 aromatic rings. The highest BCUT2D eigenvalue weighted by Crippen LogP contribution is 2.25. The first-order valence-electron chi connectivity index (χ1n) is 7.26. The van der Waals surface area contributed by atoms with Gasteiger partial charge in [-0.25, -0.2) is 4.68 Å². The minimum absolute atomic E-state index is 0.0762. The average molecular weight is 261 g/mol. The predicted octanol–water partition coefficient (Wildman–Crippen LogP) is 3.32. The molecular formula is C15H23N3O. The summed E-state index contributed by atoms with van der Waals surface area (Å²) in [6.45, 7) is 6.50. The van der Waals surface area contributed by atoms with E-state index in [-0.39, 0.29) is 5.78 Å². The van der Waals surface area contributed by atoms with Crippen LogP contribution >= 0.6 is 0 Å². The van der Waals surface area contributed by atoms with E-state index in [1.165, 1.54) is 32.1 Å². The van der Waals surface area contributed by atoms with Gasteiger partial charge >= 0.3 is 0 Å². The highest BCUT2D eigenvalue weighted by Gasteiger charge is 2.19. The van der Waals surface area contributed by atoms with E-state index in [0.717, 1.165) is 12.2 Å². The molecule has 0 N–H and O–H groups in total. The third kappa shape index (κ3) is 3.52. The summed E-state index contributed by atoms with van der Waals surface area (Å²) in [5, 5.41) is 8.22. The molecular weight excluding hydrogens is 238 g/mol. The van der Waals surface area contributed by atoms with E-state index in [1.54, 1.807) is 6.08 Å². The molecule has 0 saturated heterocycles. The number of rotatable bonds is 6. The third-order valence-electron chi connectivity index (χ3n) is 3.98. The van der Waals surface area contributed by atoms with Gasteiger partial charge in [-0.2, -0.15) is 0 Å². The van der Waals surface area contributed by atoms with E-state index in [4.69, 9.17) is 0 Å². The molecule has 19 heavy (non-hydrogen) atoms. The fourth-order valence-corrected chi connectivity index (χ4v) is 2.76.